The Morgan fingerprint density at radius 3 is 1.98 bits per heavy atom. The first-order chi connectivity index (χ1) is 23.4. The number of para-hydroxylation sites is 2. The van der Waals surface area contributed by atoms with Gasteiger partial charge in [-0.3, -0.25) is 14.7 Å². The molecule has 0 aliphatic carbocycles. The lowest BCUT2D eigenvalue weighted by atomic mass is 10.0. The standard InChI is InChI=1S/C37H37N5O6S/c1-37(2,3)48-36(45)41(26-35(43)44)34-18-10-17-32(39-34)33(40-49(46,47)31-16-11-23-38-25-31)24-27-19-21-30(22-20-27)42(28-12-6-4-7-13-28)29-14-8-5-9-15-29/h4-23,25,33,40H,24,26H2,1-3H3,(H,43,44). The van der Waals surface area contributed by atoms with Gasteiger partial charge in [-0.05, 0) is 93.4 Å². The molecule has 3 aromatic carbocycles. The molecule has 5 rings (SSSR count). The molecule has 0 radical (unpaired) electrons. The summed E-state index contributed by atoms with van der Waals surface area (Å²) in [5.74, 6) is -1.27. The molecule has 1 unspecified atom stereocenters. The Hall–Kier alpha value is -5.59. The van der Waals surface area contributed by atoms with Crippen molar-refractivity contribution in [2.45, 2.75) is 43.7 Å². The van der Waals surface area contributed by atoms with Crippen LogP contribution in [0.1, 0.15) is 38.1 Å². The van der Waals surface area contributed by atoms with Crippen LogP contribution in [-0.4, -0.2) is 47.7 Å². The molecule has 0 saturated heterocycles. The number of anilines is 4. The van der Waals surface area contributed by atoms with Gasteiger partial charge >= 0.3 is 12.1 Å². The lowest BCUT2D eigenvalue weighted by Crippen LogP contribution is -2.40. The molecule has 2 N–H and O–H groups in total. The Labute approximate surface area is 285 Å². The summed E-state index contributed by atoms with van der Waals surface area (Å²) in [7, 11) is -4.07. The maximum absolute atomic E-state index is 13.5. The number of amides is 1. The summed E-state index contributed by atoms with van der Waals surface area (Å²) < 4.78 is 35.3. The van der Waals surface area contributed by atoms with Crippen molar-refractivity contribution in [3.05, 3.63) is 139 Å². The number of sulfonamides is 1. The van der Waals surface area contributed by atoms with Gasteiger partial charge in [0, 0.05) is 29.5 Å². The molecule has 0 spiro atoms. The van der Waals surface area contributed by atoms with Crippen LogP contribution in [0.3, 0.4) is 0 Å². The van der Waals surface area contributed by atoms with E-state index < -0.39 is 40.3 Å². The average molecular weight is 680 g/mol. The van der Waals surface area contributed by atoms with Crippen molar-refractivity contribution in [1.82, 2.24) is 14.7 Å². The molecule has 1 amide bonds. The number of aromatic nitrogens is 2. The van der Waals surface area contributed by atoms with Crippen molar-refractivity contribution >= 4 is 45.0 Å². The van der Waals surface area contributed by atoms with E-state index in [1.165, 1.54) is 30.6 Å². The zero-order valence-electron chi connectivity index (χ0n) is 27.3. The van der Waals surface area contributed by atoms with E-state index in [4.69, 9.17) is 4.74 Å². The number of carbonyl (C=O) groups excluding carboxylic acids is 1. The largest absolute Gasteiger partial charge is 0.480 e. The van der Waals surface area contributed by atoms with Gasteiger partial charge in [-0.15, -0.1) is 0 Å². The second kappa shape index (κ2) is 15.1. The summed E-state index contributed by atoms with van der Waals surface area (Å²) in [5.41, 5.74) is 3.01. The number of carboxylic acid groups (broad SMARTS) is 1. The molecule has 0 saturated carbocycles. The van der Waals surface area contributed by atoms with Crippen LogP contribution < -0.4 is 14.5 Å². The molecule has 11 nitrogen and oxygen atoms in total. The summed E-state index contributed by atoms with van der Waals surface area (Å²) in [4.78, 5) is 36.3. The predicted octanol–water partition coefficient (Wildman–Crippen LogP) is 7.03. The van der Waals surface area contributed by atoms with Crippen LogP contribution >= 0.6 is 0 Å². The van der Waals surface area contributed by atoms with E-state index in [1.807, 2.05) is 84.9 Å². The van der Waals surface area contributed by atoms with Gasteiger partial charge in [0.05, 0.1) is 11.7 Å². The van der Waals surface area contributed by atoms with Gasteiger partial charge in [-0.25, -0.2) is 22.9 Å². The molecule has 0 bridgehead atoms. The number of pyridine rings is 2. The number of carbonyl (C=O) groups is 2. The maximum atomic E-state index is 13.5. The summed E-state index contributed by atoms with van der Waals surface area (Å²) in [6, 6.07) is 34.4. The monoisotopic (exact) mass is 679 g/mol. The van der Waals surface area contributed by atoms with Gasteiger partial charge in [0.15, 0.2) is 0 Å². The van der Waals surface area contributed by atoms with E-state index in [9.17, 15) is 23.1 Å². The number of rotatable bonds is 12. The van der Waals surface area contributed by atoms with Crippen molar-refractivity contribution in [1.29, 1.82) is 0 Å². The van der Waals surface area contributed by atoms with Crippen molar-refractivity contribution < 1.29 is 27.9 Å². The predicted molar refractivity (Wildman–Crippen MR) is 188 cm³/mol. The third kappa shape index (κ3) is 9.28. The smallest absolute Gasteiger partial charge is 0.416 e. The van der Waals surface area contributed by atoms with Crippen LogP contribution in [0.5, 0.6) is 0 Å². The Morgan fingerprint density at radius 2 is 1.43 bits per heavy atom. The molecule has 252 valence electrons. The van der Waals surface area contributed by atoms with Gasteiger partial charge in [0.2, 0.25) is 10.0 Å². The van der Waals surface area contributed by atoms with Crippen molar-refractivity contribution in [3.8, 4) is 0 Å². The molecular formula is C37H37N5O6S. The van der Waals surface area contributed by atoms with Crippen LogP contribution in [0, 0.1) is 0 Å². The highest BCUT2D eigenvalue weighted by atomic mass is 32.2. The molecule has 12 heteroatoms. The first kappa shape index (κ1) is 34.7. The Morgan fingerprint density at radius 1 is 0.816 bits per heavy atom. The highest BCUT2D eigenvalue weighted by Gasteiger charge is 2.28. The number of nitrogens with zero attached hydrogens (tertiary/aromatic N) is 4. The minimum atomic E-state index is -4.07. The molecule has 2 heterocycles. The Kier molecular flexibility index (Phi) is 10.7. The molecule has 1 atom stereocenters. The number of aliphatic carboxylic acids is 1. The van der Waals surface area contributed by atoms with E-state index in [-0.39, 0.29) is 22.8 Å². The van der Waals surface area contributed by atoms with Crippen molar-refractivity contribution in [3.63, 3.8) is 0 Å². The van der Waals surface area contributed by atoms with Crippen LogP contribution in [0.2, 0.25) is 0 Å². The molecule has 5 aromatic rings. The fourth-order valence-electron chi connectivity index (χ4n) is 5.06. The van der Waals surface area contributed by atoms with E-state index >= 15 is 0 Å². The molecule has 49 heavy (non-hydrogen) atoms. The summed E-state index contributed by atoms with van der Waals surface area (Å²) in [5, 5.41) is 9.57. The van der Waals surface area contributed by atoms with Gasteiger partial charge in [-0.1, -0.05) is 54.6 Å². The Balaban J connectivity index is 1.51. The van der Waals surface area contributed by atoms with Crippen LogP contribution in [-0.2, 0) is 26.0 Å². The van der Waals surface area contributed by atoms with E-state index in [0.29, 0.717) is 0 Å². The van der Waals surface area contributed by atoms with E-state index in [1.54, 1.807) is 32.9 Å². The van der Waals surface area contributed by atoms with Crippen LogP contribution in [0.4, 0.5) is 27.7 Å². The number of carboxylic acids is 1. The number of hydrogen-bond donors (Lipinski definition) is 2. The maximum Gasteiger partial charge on any atom is 0.416 e. The number of nitrogens with one attached hydrogen (secondary N) is 1. The normalized spacial score (nSPS) is 12.1. The van der Waals surface area contributed by atoms with Gasteiger partial charge in [0.25, 0.3) is 0 Å². The minimum Gasteiger partial charge on any atom is -0.480 e. The highest BCUT2D eigenvalue weighted by molar-refractivity contribution is 7.89. The lowest BCUT2D eigenvalue weighted by molar-refractivity contribution is -0.135. The highest BCUT2D eigenvalue weighted by Crippen LogP contribution is 2.34. The van der Waals surface area contributed by atoms with Crippen LogP contribution in [0.15, 0.2) is 133 Å². The number of ether oxygens (including phenoxy) is 1. The van der Waals surface area contributed by atoms with Gasteiger partial charge in [-0.2, -0.15) is 0 Å². The Bertz CT molecular complexity index is 1930. The molecular weight excluding hydrogens is 643 g/mol. The molecule has 0 fully saturated rings. The molecule has 0 aliphatic heterocycles. The quantitative estimate of drug-likeness (QED) is 0.142. The second-order valence-corrected chi connectivity index (χ2v) is 13.8. The topological polar surface area (TPSA) is 142 Å². The SMILES string of the molecule is CC(C)(C)OC(=O)N(CC(=O)O)c1cccc(C(Cc2ccc(N(c3ccccc3)c3ccccc3)cc2)NS(=O)(=O)c2cccnc2)n1. The molecule has 2 aromatic heterocycles. The fourth-order valence-corrected chi connectivity index (χ4v) is 6.23. The van der Waals surface area contributed by atoms with Crippen LogP contribution in [0.25, 0.3) is 0 Å². The van der Waals surface area contributed by atoms with Crippen molar-refractivity contribution in [2.75, 3.05) is 16.3 Å². The lowest BCUT2D eigenvalue weighted by Gasteiger charge is -2.27. The molecule has 0 aliphatic rings. The van der Waals surface area contributed by atoms with E-state index in [2.05, 4.69) is 19.6 Å². The fraction of sp³-hybridized carbons (Fsp3) is 0.189. The minimum absolute atomic E-state index is 0.00330. The third-order valence-corrected chi connectivity index (χ3v) is 8.66. The summed E-state index contributed by atoms with van der Waals surface area (Å²) >= 11 is 0. The van der Waals surface area contributed by atoms with Gasteiger partial charge < -0.3 is 14.7 Å². The van der Waals surface area contributed by atoms with E-state index in [0.717, 1.165) is 27.5 Å². The first-order valence-electron chi connectivity index (χ1n) is 15.5. The summed E-state index contributed by atoms with van der Waals surface area (Å²) in [6.45, 7) is 4.29. The summed E-state index contributed by atoms with van der Waals surface area (Å²) in [6.07, 6.45) is 2.00. The number of hydrogen-bond acceptors (Lipinski definition) is 8. The first-order valence-corrected chi connectivity index (χ1v) is 17.0. The zero-order chi connectivity index (χ0) is 35.0. The number of benzene rings is 3. The third-order valence-electron chi connectivity index (χ3n) is 7.20. The van der Waals surface area contributed by atoms with Crippen molar-refractivity contribution in [2.24, 2.45) is 0 Å². The second-order valence-electron chi connectivity index (χ2n) is 12.1. The van der Waals surface area contributed by atoms with Gasteiger partial charge in [0.1, 0.15) is 22.9 Å². The zero-order valence-corrected chi connectivity index (χ0v) is 28.1. The average Bonchev–Trinajstić information content (AvgIpc) is 3.08.